The fraction of sp³-hybridized carbons (Fsp3) is 0.480. The summed E-state index contributed by atoms with van der Waals surface area (Å²) in [5.74, 6) is -0.0184. The normalized spacial score (nSPS) is 22.6. The molecule has 2 aromatic rings. The van der Waals surface area contributed by atoms with Gasteiger partial charge in [0.2, 0.25) is 0 Å². The number of aryl methyl sites for hydroxylation is 1. The quantitative estimate of drug-likeness (QED) is 0.652. The SMILES string of the molecule is Cc1cccc(C(=O)N2C[C@@H](CN3CCCCC3)[C@@H](c3cccc(C(F)(F)F)c3)C2)c1. The number of hydrogen-bond acceptors (Lipinski definition) is 2. The van der Waals surface area contributed by atoms with Crippen molar-refractivity contribution >= 4 is 5.91 Å². The van der Waals surface area contributed by atoms with Gasteiger partial charge in [0.05, 0.1) is 5.56 Å². The van der Waals surface area contributed by atoms with Crippen molar-refractivity contribution in [2.75, 3.05) is 32.7 Å². The summed E-state index contributed by atoms with van der Waals surface area (Å²) in [5, 5.41) is 0. The molecule has 2 aromatic carbocycles. The molecule has 0 aromatic heterocycles. The van der Waals surface area contributed by atoms with Crippen LogP contribution in [0.5, 0.6) is 0 Å². The maximum absolute atomic E-state index is 13.3. The molecule has 4 rings (SSSR count). The molecule has 2 fully saturated rings. The first-order valence-electron chi connectivity index (χ1n) is 11.1. The summed E-state index contributed by atoms with van der Waals surface area (Å²) in [6.45, 7) is 5.84. The molecule has 1 amide bonds. The molecule has 0 unspecified atom stereocenters. The predicted molar refractivity (Wildman–Crippen MR) is 115 cm³/mol. The van der Waals surface area contributed by atoms with E-state index in [2.05, 4.69) is 4.90 Å². The van der Waals surface area contributed by atoms with E-state index in [4.69, 9.17) is 0 Å². The van der Waals surface area contributed by atoms with E-state index in [0.717, 1.165) is 44.1 Å². The van der Waals surface area contributed by atoms with Gasteiger partial charge < -0.3 is 9.80 Å². The first-order valence-corrected chi connectivity index (χ1v) is 11.1. The van der Waals surface area contributed by atoms with E-state index in [1.807, 2.05) is 36.1 Å². The van der Waals surface area contributed by atoms with E-state index < -0.39 is 11.7 Å². The van der Waals surface area contributed by atoms with Gasteiger partial charge in [0, 0.05) is 31.1 Å². The summed E-state index contributed by atoms with van der Waals surface area (Å²) in [7, 11) is 0. The Labute approximate surface area is 181 Å². The first-order chi connectivity index (χ1) is 14.8. The number of amides is 1. The highest BCUT2D eigenvalue weighted by Crippen LogP contribution is 2.37. The van der Waals surface area contributed by atoms with Gasteiger partial charge in [-0.25, -0.2) is 0 Å². The second-order valence-electron chi connectivity index (χ2n) is 8.93. The smallest absolute Gasteiger partial charge is 0.338 e. The van der Waals surface area contributed by atoms with Gasteiger partial charge in [-0.15, -0.1) is 0 Å². The molecule has 166 valence electrons. The molecule has 31 heavy (non-hydrogen) atoms. The van der Waals surface area contributed by atoms with Crippen molar-refractivity contribution in [3.05, 3.63) is 70.8 Å². The van der Waals surface area contributed by atoms with E-state index in [-0.39, 0.29) is 17.7 Å². The highest BCUT2D eigenvalue weighted by molar-refractivity contribution is 5.94. The zero-order chi connectivity index (χ0) is 22.0. The van der Waals surface area contributed by atoms with Gasteiger partial charge in [0.1, 0.15) is 0 Å². The minimum atomic E-state index is -4.37. The number of hydrogen-bond donors (Lipinski definition) is 0. The van der Waals surface area contributed by atoms with Gasteiger partial charge in [-0.05, 0) is 62.5 Å². The van der Waals surface area contributed by atoms with E-state index in [0.29, 0.717) is 24.2 Å². The van der Waals surface area contributed by atoms with Gasteiger partial charge in [-0.1, -0.05) is 42.3 Å². The Kier molecular flexibility index (Phi) is 6.37. The average Bonchev–Trinajstić information content (AvgIpc) is 3.17. The standard InChI is InChI=1S/C25H29F3N2O/c1-18-7-5-9-20(13-18)24(31)30-16-21(15-29-11-3-2-4-12-29)23(17-30)19-8-6-10-22(14-19)25(26,27)28/h5-10,13-14,21,23H,2-4,11-12,15-17H2,1H3/t21-,23-/m1/s1. The second kappa shape index (κ2) is 9.03. The third-order valence-corrected chi connectivity index (χ3v) is 6.58. The molecule has 0 N–H and O–H groups in total. The molecule has 0 spiro atoms. The maximum atomic E-state index is 13.3. The molecule has 0 bridgehead atoms. The van der Waals surface area contributed by atoms with Crippen LogP contribution in [0.2, 0.25) is 0 Å². The summed E-state index contributed by atoms with van der Waals surface area (Å²) < 4.78 is 39.9. The lowest BCUT2D eigenvalue weighted by atomic mass is 9.87. The number of halogens is 3. The zero-order valence-corrected chi connectivity index (χ0v) is 17.9. The second-order valence-corrected chi connectivity index (χ2v) is 8.93. The molecule has 6 heteroatoms. The molecule has 2 saturated heterocycles. The average molecular weight is 431 g/mol. The number of piperidine rings is 1. The Morgan fingerprint density at radius 2 is 1.74 bits per heavy atom. The zero-order valence-electron chi connectivity index (χ0n) is 17.9. The van der Waals surface area contributed by atoms with Crippen LogP contribution in [0.4, 0.5) is 13.2 Å². The first kappa shape index (κ1) is 21.9. The van der Waals surface area contributed by atoms with Crippen molar-refractivity contribution in [3.63, 3.8) is 0 Å². The molecule has 2 aliphatic heterocycles. The van der Waals surface area contributed by atoms with Crippen LogP contribution in [-0.2, 0) is 6.18 Å². The Hall–Kier alpha value is -2.34. The Balaban J connectivity index is 1.59. The fourth-order valence-corrected chi connectivity index (χ4v) is 4.98. The third-order valence-electron chi connectivity index (χ3n) is 6.58. The predicted octanol–water partition coefficient (Wildman–Crippen LogP) is 5.36. The Morgan fingerprint density at radius 3 is 2.45 bits per heavy atom. The van der Waals surface area contributed by atoms with Gasteiger partial charge in [-0.2, -0.15) is 13.2 Å². The highest BCUT2D eigenvalue weighted by Gasteiger charge is 2.39. The topological polar surface area (TPSA) is 23.6 Å². The Bertz CT molecular complexity index is 921. The number of carbonyl (C=O) groups excluding carboxylic acids is 1. The number of carbonyl (C=O) groups is 1. The van der Waals surface area contributed by atoms with Gasteiger partial charge >= 0.3 is 6.18 Å². The molecular formula is C25H29F3N2O. The minimum absolute atomic E-state index is 0.0400. The summed E-state index contributed by atoms with van der Waals surface area (Å²) in [4.78, 5) is 17.4. The monoisotopic (exact) mass is 430 g/mol. The molecular weight excluding hydrogens is 401 g/mol. The minimum Gasteiger partial charge on any atom is -0.338 e. The lowest BCUT2D eigenvalue weighted by Gasteiger charge is -2.31. The fourth-order valence-electron chi connectivity index (χ4n) is 4.98. The van der Waals surface area contributed by atoms with Crippen LogP contribution in [-0.4, -0.2) is 48.4 Å². The molecule has 2 aliphatic rings. The van der Waals surface area contributed by atoms with E-state index in [1.54, 1.807) is 6.07 Å². The van der Waals surface area contributed by atoms with E-state index in [9.17, 15) is 18.0 Å². The number of benzene rings is 2. The van der Waals surface area contributed by atoms with Crippen LogP contribution in [0, 0.1) is 12.8 Å². The van der Waals surface area contributed by atoms with Gasteiger partial charge in [-0.3, -0.25) is 4.79 Å². The van der Waals surface area contributed by atoms with Crippen LogP contribution in [0.25, 0.3) is 0 Å². The number of nitrogens with zero attached hydrogens (tertiary/aromatic N) is 2. The number of alkyl halides is 3. The van der Waals surface area contributed by atoms with Gasteiger partial charge in [0.15, 0.2) is 0 Å². The summed E-state index contributed by atoms with van der Waals surface area (Å²) >= 11 is 0. The van der Waals surface area contributed by atoms with E-state index >= 15 is 0 Å². The molecule has 0 aliphatic carbocycles. The molecule has 2 heterocycles. The lowest BCUT2D eigenvalue weighted by molar-refractivity contribution is -0.137. The number of likely N-dealkylation sites (tertiary alicyclic amines) is 2. The largest absolute Gasteiger partial charge is 0.416 e. The van der Waals surface area contributed by atoms with Crippen LogP contribution in [0.1, 0.15) is 52.2 Å². The lowest BCUT2D eigenvalue weighted by Crippen LogP contribution is -2.36. The highest BCUT2D eigenvalue weighted by atomic mass is 19.4. The van der Waals surface area contributed by atoms with Crippen molar-refractivity contribution in [3.8, 4) is 0 Å². The van der Waals surface area contributed by atoms with Crippen molar-refractivity contribution in [2.24, 2.45) is 5.92 Å². The van der Waals surface area contributed by atoms with Crippen molar-refractivity contribution in [2.45, 2.75) is 38.3 Å². The van der Waals surface area contributed by atoms with Gasteiger partial charge in [0.25, 0.3) is 5.91 Å². The Morgan fingerprint density at radius 1 is 1.00 bits per heavy atom. The van der Waals surface area contributed by atoms with E-state index in [1.165, 1.54) is 18.6 Å². The van der Waals surface area contributed by atoms with Crippen LogP contribution < -0.4 is 0 Å². The molecule has 3 nitrogen and oxygen atoms in total. The summed E-state index contributed by atoms with van der Waals surface area (Å²) in [6, 6.07) is 13.2. The molecule has 2 atom stereocenters. The van der Waals surface area contributed by atoms with Crippen molar-refractivity contribution in [1.82, 2.24) is 9.80 Å². The van der Waals surface area contributed by atoms with Crippen molar-refractivity contribution in [1.29, 1.82) is 0 Å². The van der Waals surface area contributed by atoms with Crippen LogP contribution in [0.3, 0.4) is 0 Å². The maximum Gasteiger partial charge on any atom is 0.416 e. The van der Waals surface area contributed by atoms with Crippen molar-refractivity contribution < 1.29 is 18.0 Å². The third kappa shape index (κ3) is 5.12. The molecule has 0 radical (unpaired) electrons. The molecule has 0 saturated carbocycles. The summed E-state index contributed by atoms with van der Waals surface area (Å²) in [5.41, 5.74) is 1.72. The van der Waals surface area contributed by atoms with Crippen LogP contribution >= 0.6 is 0 Å². The summed E-state index contributed by atoms with van der Waals surface area (Å²) in [6.07, 6.45) is -0.815. The van der Waals surface area contributed by atoms with Crippen LogP contribution in [0.15, 0.2) is 48.5 Å². The number of rotatable bonds is 4.